The van der Waals surface area contributed by atoms with E-state index in [1.54, 1.807) is 12.4 Å². The Hall–Kier alpha value is -1.94. The first kappa shape index (κ1) is 13.5. The van der Waals surface area contributed by atoms with Gasteiger partial charge in [-0.1, -0.05) is 24.6 Å². The fourth-order valence-corrected chi connectivity index (χ4v) is 1.77. The minimum Gasteiger partial charge on any atom is -0.437 e. The van der Waals surface area contributed by atoms with Gasteiger partial charge in [0.05, 0.1) is 18.1 Å². The van der Waals surface area contributed by atoms with Gasteiger partial charge in [-0.05, 0) is 32.0 Å². The summed E-state index contributed by atoms with van der Waals surface area (Å²) in [6.45, 7) is 7.79. The molecule has 1 aromatic heterocycles. The van der Waals surface area contributed by atoms with E-state index in [4.69, 9.17) is 4.74 Å². The average molecular weight is 257 g/mol. The van der Waals surface area contributed by atoms with Gasteiger partial charge in [0.25, 0.3) is 0 Å². The quantitative estimate of drug-likeness (QED) is 0.894. The molecule has 0 saturated heterocycles. The fourth-order valence-electron chi connectivity index (χ4n) is 1.77. The van der Waals surface area contributed by atoms with Crippen molar-refractivity contribution in [3.05, 3.63) is 47.4 Å². The minimum atomic E-state index is 0.521. The lowest BCUT2D eigenvalue weighted by atomic mass is 10.1. The molecule has 0 spiro atoms. The molecule has 4 nitrogen and oxygen atoms in total. The smallest absolute Gasteiger partial charge is 0.237 e. The Kier molecular flexibility index (Phi) is 4.47. The lowest BCUT2D eigenvalue weighted by Crippen LogP contribution is -2.13. The summed E-state index contributed by atoms with van der Waals surface area (Å²) in [5.74, 6) is 1.34. The molecule has 100 valence electrons. The highest BCUT2D eigenvalue weighted by Gasteiger charge is 2.03. The lowest BCUT2D eigenvalue weighted by molar-refractivity contribution is 0.455. The van der Waals surface area contributed by atoms with Crippen LogP contribution in [0.1, 0.15) is 23.7 Å². The molecule has 0 aliphatic rings. The maximum Gasteiger partial charge on any atom is 0.237 e. The van der Waals surface area contributed by atoms with Gasteiger partial charge >= 0.3 is 0 Å². The van der Waals surface area contributed by atoms with Gasteiger partial charge in [-0.15, -0.1) is 0 Å². The third-order valence-corrected chi connectivity index (χ3v) is 2.78. The Morgan fingerprint density at radius 1 is 1.16 bits per heavy atom. The summed E-state index contributed by atoms with van der Waals surface area (Å²) < 4.78 is 5.73. The Morgan fingerprint density at radius 3 is 2.63 bits per heavy atom. The van der Waals surface area contributed by atoms with Crippen molar-refractivity contribution in [3.63, 3.8) is 0 Å². The summed E-state index contributed by atoms with van der Waals surface area (Å²) in [6.07, 6.45) is 3.40. The zero-order chi connectivity index (χ0) is 13.7. The molecule has 1 heterocycles. The highest BCUT2D eigenvalue weighted by Crippen LogP contribution is 2.23. The Labute approximate surface area is 113 Å². The first-order valence-electron chi connectivity index (χ1n) is 6.46. The molecule has 1 N–H and O–H groups in total. The molecule has 0 bridgehead atoms. The third kappa shape index (κ3) is 3.76. The third-order valence-electron chi connectivity index (χ3n) is 2.78. The van der Waals surface area contributed by atoms with E-state index in [9.17, 15) is 0 Å². The average Bonchev–Trinajstić information content (AvgIpc) is 2.41. The monoisotopic (exact) mass is 257 g/mol. The molecule has 4 heteroatoms. The van der Waals surface area contributed by atoms with E-state index in [1.807, 2.05) is 19.1 Å². The molecule has 0 aliphatic carbocycles. The molecule has 0 aliphatic heterocycles. The van der Waals surface area contributed by atoms with Crippen LogP contribution in [0.5, 0.6) is 11.6 Å². The highest BCUT2D eigenvalue weighted by atomic mass is 16.5. The van der Waals surface area contributed by atoms with Crippen LogP contribution < -0.4 is 10.1 Å². The first-order valence-corrected chi connectivity index (χ1v) is 6.46. The zero-order valence-corrected chi connectivity index (χ0v) is 11.6. The number of aryl methyl sites for hydroxylation is 2. The second kappa shape index (κ2) is 6.29. The molecular formula is C15H19N3O. The van der Waals surface area contributed by atoms with Crippen molar-refractivity contribution in [3.8, 4) is 11.6 Å². The van der Waals surface area contributed by atoms with Gasteiger partial charge < -0.3 is 10.1 Å². The van der Waals surface area contributed by atoms with Crippen molar-refractivity contribution in [1.82, 2.24) is 15.3 Å². The van der Waals surface area contributed by atoms with E-state index in [0.29, 0.717) is 5.88 Å². The van der Waals surface area contributed by atoms with Gasteiger partial charge in [0.1, 0.15) is 5.75 Å². The van der Waals surface area contributed by atoms with Crippen molar-refractivity contribution >= 4 is 0 Å². The molecule has 0 radical (unpaired) electrons. The fraction of sp³-hybridized carbons (Fsp3) is 0.333. The number of aromatic nitrogens is 2. The van der Waals surface area contributed by atoms with Crippen LogP contribution in [-0.4, -0.2) is 16.5 Å². The number of rotatable bonds is 5. The number of nitrogens with one attached hydrogen (secondary N) is 1. The molecule has 2 rings (SSSR count). The van der Waals surface area contributed by atoms with Crippen LogP contribution in [0.3, 0.4) is 0 Å². The Bertz CT molecular complexity index is 538. The summed E-state index contributed by atoms with van der Waals surface area (Å²) in [4.78, 5) is 8.58. The normalized spacial score (nSPS) is 10.5. The van der Waals surface area contributed by atoms with Crippen LogP contribution in [-0.2, 0) is 6.54 Å². The predicted molar refractivity (Wildman–Crippen MR) is 75.4 cm³/mol. The molecule has 0 unspecified atom stereocenters. The Morgan fingerprint density at radius 2 is 2.00 bits per heavy atom. The van der Waals surface area contributed by atoms with Gasteiger partial charge in [-0.2, -0.15) is 0 Å². The van der Waals surface area contributed by atoms with Gasteiger partial charge in [-0.3, -0.25) is 4.98 Å². The molecular weight excluding hydrogens is 238 g/mol. The SMILES string of the molecule is CCNCc1cnc(Oc2ccc(C)cc2C)cn1. The van der Waals surface area contributed by atoms with E-state index in [1.165, 1.54) is 5.56 Å². The predicted octanol–water partition coefficient (Wildman–Crippen LogP) is 3.00. The summed E-state index contributed by atoms with van der Waals surface area (Å²) in [7, 11) is 0. The highest BCUT2D eigenvalue weighted by molar-refractivity contribution is 5.37. The van der Waals surface area contributed by atoms with E-state index < -0.39 is 0 Å². The molecule has 1 aromatic carbocycles. The van der Waals surface area contributed by atoms with Gasteiger partial charge in [0, 0.05) is 6.54 Å². The number of benzene rings is 1. The molecule has 2 aromatic rings. The summed E-state index contributed by atoms with van der Waals surface area (Å²) >= 11 is 0. The topological polar surface area (TPSA) is 47.0 Å². The molecule has 0 amide bonds. The molecule has 0 atom stereocenters. The second-order valence-electron chi connectivity index (χ2n) is 4.50. The molecule has 0 saturated carbocycles. The van der Waals surface area contributed by atoms with Crippen LogP contribution >= 0.6 is 0 Å². The van der Waals surface area contributed by atoms with Gasteiger partial charge in [0.15, 0.2) is 0 Å². The minimum absolute atomic E-state index is 0.521. The maximum atomic E-state index is 5.73. The van der Waals surface area contributed by atoms with E-state index in [2.05, 4.69) is 35.2 Å². The number of nitrogens with zero attached hydrogens (tertiary/aromatic N) is 2. The molecule has 19 heavy (non-hydrogen) atoms. The van der Waals surface area contributed by atoms with Crippen molar-refractivity contribution < 1.29 is 4.74 Å². The van der Waals surface area contributed by atoms with Crippen molar-refractivity contribution in [2.24, 2.45) is 0 Å². The van der Waals surface area contributed by atoms with Crippen LogP contribution in [0.15, 0.2) is 30.6 Å². The van der Waals surface area contributed by atoms with Gasteiger partial charge in [0.2, 0.25) is 5.88 Å². The van der Waals surface area contributed by atoms with Crippen LogP contribution in [0.4, 0.5) is 0 Å². The van der Waals surface area contributed by atoms with Crippen LogP contribution in [0.2, 0.25) is 0 Å². The summed E-state index contributed by atoms with van der Waals surface area (Å²) in [5, 5.41) is 3.21. The summed E-state index contributed by atoms with van der Waals surface area (Å²) in [6, 6.07) is 6.07. The standard InChI is InChI=1S/C15H19N3O/c1-4-16-8-13-9-18-15(10-17-13)19-14-6-5-11(2)7-12(14)3/h5-7,9-10,16H,4,8H2,1-3H3. The zero-order valence-electron chi connectivity index (χ0n) is 11.6. The van der Waals surface area contributed by atoms with E-state index >= 15 is 0 Å². The van der Waals surface area contributed by atoms with E-state index in [0.717, 1.165) is 30.1 Å². The molecule has 0 fully saturated rings. The van der Waals surface area contributed by atoms with Crippen LogP contribution in [0, 0.1) is 13.8 Å². The van der Waals surface area contributed by atoms with Gasteiger partial charge in [-0.25, -0.2) is 4.98 Å². The lowest BCUT2D eigenvalue weighted by Gasteiger charge is -2.08. The van der Waals surface area contributed by atoms with E-state index in [-0.39, 0.29) is 0 Å². The number of hydrogen-bond donors (Lipinski definition) is 1. The van der Waals surface area contributed by atoms with Crippen molar-refractivity contribution in [2.75, 3.05) is 6.54 Å². The van der Waals surface area contributed by atoms with Crippen molar-refractivity contribution in [2.45, 2.75) is 27.3 Å². The number of hydrogen-bond acceptors (Lipinski definition) is 4. The number of ether oxygens (including phenoxy) is 1. The van der Waals surface area contributed by atoms with Crippen molar-refractivity contribution in [1.29, 1.82) is 0 Å². The first-order chi connectivity index (χ1) is 9.19. The largest absolute Gasteiger partial charge is 0.437 e. The Balaban J connectivity index is 2.06. The summed E-state index contributed by atoms with van der Waals surface area (Å²) in [5.41, 5.74) is 3.23. The van der Waals surface area contributed by atoms with Crippen LogP contribution in [0.25, 0.3) is 0 Å². The second-order valence-corrected chi connectivity index (χ2v) is 4.50. The maximum absolute atomic E-state index is 5.73.